The fraction of sp³-hybridized carbons (Fsp3) is 0.333. The van der Waals surface area contributed by atoms with Crippen molar-refractivity contribution in [3.8, 4) is 5.75 Å². The minimum Gasteiger partial charge on any atom is -0.492 e. The molecule has 0 aliphatic heterocycles. The first kappa shape index (κ1) is 23.6. The fourth-order valence-corrected chi connectivity index (χ4v) is 6.55. The summed E-state index contributed by atoms with van der Waals surface area (Å²) in [5.41, 5.74) is -1.13. The van der Waals surface area contributed by atoms with Gasteiger partial charge in [-0.15, -0.1) is 11.3 Å². The van der Waals surface area contributed by atoms with E-state index in [2.05, 4.69) is 20.7 Å². The summed E-state index contributed by atoms with van der Waals surface area (Å²) in [5, 5.41) is -0.114. The van der Waals surface area contributed by atoms with Crippen LogP contribution in [0.1, 0.15) is 5.56 Å². The molecular formula is C15H14BrCl2F3N2O3S2. The van der Waals surface area contributed by atoms with Crippen LogP contribution in [0.15, 0.2) is 26.9 Å². The Labute approximate surface area is 182 Å². The first-order valence-electron chi connectivity index (χ1n) is 7.48. The molecule has 0 radical (unpaired) electrons. The molecule has 28 heavy (non-hydrogen) atoms. The predicted molar refractivity (Wildman–Crippen MR) is 108 cm³/mol. The van der Waals surface area contributed by atoms with E-state index in [0.29, 0.717) is 10.3 Å². The number of rotatable bonds is 7. The van der Waals surface area contributed by atoms with E-state index in [1.165, 1.54) is 0 Å². The van der Waals surface area contributed by atoms with E-state index in [1.807, 2.05) is 0 Å². The minimum absolute atomic E-state index is 0.0125. The van der Waals surface area contributed by atoms with Gasteiger partial charge in [0.2, 0.25) is 0 Å². The third-order valence-electron chi connectivity index (χ3n) is 3.33. The van der Waals surface area contributed by atoms with Crippen molar-refractivity contribution in [3.05, 3.63) is 36.9 Å². The Kier molecular flexibility index (Phi) is 7.54. The molecule has 1 N–H and O–H groups in total. The fourth-order valence-electron chi connectivity index (χ4n) is 2.05. The van der Waals surface area contributed by atoms with Gasteiger partial charge in [0.25, 0.3) is 10.0 Å². The molecule has 1 aromatic carbocycles. The molecule has 0 aliphatic carbocycles. The highest BCUT2D eigenvalue weighted by atomic mass is 79.9. The second-order valence-electron chi connectivity index (χ2n) is 5.76. The van der Waals surface area contributed by atoms with Crippen LogP contribution >= 0.6 is 50.5 Å². The SMILES string of the molecule is CN(C)CCOc1cc(NS(=O)(=O)c2c(Cl)sc(Br)c2Cl)ccc1C(F)(F)F. The molecule has 156 valence electrons. The van der Waals surface area contributed by atoms with Gasteiger partial charge in [0, 0.05) is 12.6 Å². The maximum atomic E-state index is 13.2. The standard InChI is InChI=1S/C15H14BrCl2F3N2O3S2/c1-23(2)5-6-26-10-7-8(3-4-9(10)15(19,20)21)22-28(24,25)12-11(17)13(16)27-14(12)18/h3-4,7,22H,5-6H2,1-2H3. The summed E-state index contributed by atoms with van der Waals surface area (Å²) >= 11 is 15.9. The quantitative estimate of drug-likeness (QED) is 0.497. The van der Waals surface area contributed by atoms with Crippen LogP contribution in [0.2, 0.25) is 9.36 Å². The average molecular weight is 542 g/mol. The van der Waals surface area contributed by atoms with Crippen LogP contribution in [-0.2, 0) is 16.2 Å². The lowest BCUT2D eigenvalue weighted by Crippen LogP contribution is -2.20. The van der Waals surface area contributed by atoms with Crippen molar-refractivity contribution in [2.24, 2.45) is 0 Å². The molecule has 0 atom stereocenters. The van der Waals surface area contributed by atoms with Crippen molar-refractivity contribution in [1.82, 2.24) is 4.90 Å². The summed E-state index contributed by atoms with van der Waals surface area (Å²) in [7, 11) is -0.749. The first-order chi connectivity index (χ1) is 12.8. The summed E-state index contributed by atoms with van der Waals surface area (Å²) in [6, 6.07) is 2.71. The number of nitrogens with one attached hydrogen (secondary N) is 1. The number of ether oxygens (including phenoxy) is 1. The molecule has 2 aromatic rings. The van der Waals surface area contributed by atoms with Gasteiger partial charge in [-0.2, -0.15) is 13.2 Å². The molecule has 5 nitrogen and oxygen atoms in total. The van der Waals surface area contributed by atoms with Crippen molar-refractivity contribution in [1.29, 1.82) is 0 Å². The second kappa shape index (κ2) is 8.97. The number of thiophene rings is 1. The summed E-state index contributed by atoms with van der Waals surface area (Å²) in [4.78, 5) is 1.38. The molecule has 1 heterocycles. The summed E-state index contributed by atoms with van der Waals surface area (Å²) in [6.45, 7) is 0.364. The zero-order chi connectivity index (χ0) is 21.3. The van der Waals surface area contributed by atoms with Gasteiger partial charge in [0.05, 0.1) is 20.1 Å². The molecular weight excluding hydrogens is 528 g/mol. The van der Waals surface area contributed by atoms with Crippen LogP contribution in [0.3, 0.4) is 0 Å². The van der Waals surface area contributed by atoms with E-state index < -0.39 is 27.5 Å². The van der Waals surface area contributed by atoms with Crippen LogP contribution in [0.25, 0.3) is 0 Å². The average Bonchev–Trinajstić information content (AvgIpc) is 2.78. The monoisotopic (exact) mass is 540 g/mol. The molecule has 0 aliphatic rings. The Morgan fingerprint density at radius 3 is 2.43 bits per heavy atom. The molecule has 0 saturated carbocycles. The van der Waals surface area contributed by atoms with Crippen LogP contribution in [-0.4, -0.2) is 40.6 Å². The van der Waals surface area contributed by atoms with Gasteiger partial charge < -0.3 is 9.64 Å². The Balaban J connectivity index is 2.38. The lowest BCUT2D eigenvalue weighted by Gasteiger charge is -2.17. The first-order valence-corrected chi connectivity index (χ1v) is 11.3. The van der Waals surface area contributed by atoms with Gasteiger partial charge in [-0.3, -0.25) is 4.72 Å². The number of alkyl halides is 3. The lowest BCUT2D eigenvalue weighted by molar-refractivity contribution is -0.138. The largest absolute Gasteiger partial charge is 0.492 e. The van der Waals surface area contributed by atoms with Crippen LogP contribution in [0.5, 0.6) is 5.75 Å². The van der Waals surface area contributed by atoms with Gasteiger partial charge in [-0.25, -0.2) is 8.42 Å². The number of benzene rings is 1. The third kappa shape index (κ3) is 5.67. The van der Waals surface area contributed by atoms with Gasteiger partial charge >= 0.3 is 6.18 Å². The van der Waals surface area contributed by atoms with Crippen molar-refractivity contribution < 1.29 is 26.3 Å². The maximum Gasteiger partial charge on any atom is 0.419 e. The molecule has 0 unspecified atom stereocenters. The number of hydrogen-bond acceptors (Lipinski definition) is 5. The van der Waals surface area contributed by atoms with Crippen molar-refractivity contribution in [2.45, 2.75) is 11.1 Å². The lowest BCUT2D eigenvalue weighted by atomic mass is 10.2. The number of likely N-dealkylation sites (N-methyl/N-ethyl adjacent to an activating group) is 1. The van der Waals surface area contributed by atoms with Crippen LogP contribution in [0, 0.1) is 0 Å². The molecule has 0 fully saturated rings. The van der Waals surface area contributed by atoms with Crippen molar-refractivity contribution in [2.75, 3.05) is 32.0 Å². The smallest absolute Gasteiger partial charge is 0.419 e. The third-order valence-corrected chi connectivity index (χ3v) is 7.92. The van der Waals surface area contributed by atoms with E-state index in [4.69, 9.17) is 27.9 Å². The van der Waals surface area contributed by atoms with Crippen molar-refractivity contribution in [3.63, 3.8) is 0 Å². The number of hydrogen-bond donors (Lipinski definition) is 1. The molecule has 0 spiro atoms. The number of halogens is 6. The minimum atomic E-state index is -4.66. The number of anilines is 1. The number of sulfonamides is 1. The highest BCUT2D eigenvalue weighted by Gasteiger charge is 2.35. The van der Waals surface area contributed by atoms with Gasteiger partial charge in [0.15, 0.2) is 0 Å². The Bertz CT molecular complexity index is 966. The van der Waals surface area contributed by atoms with Crippen LogP contribution < -0.4 is 9.46 Å². The Hall–Kier alpha value is -0.720. The zero-order valence-electron chi connectivity index (χ0n) is 14.4. The summed E-state index contributed by atoms with van der Waals surface area (Å²) < 4.78 is 72.5. The highest BCUT2D eigenvalue weighted by molar-refractivity contribution is 9.11. The van der Waals surface area contributed by atoms with Crippen molar-refractivity contribution >= 4 is 66.2 Å². The second-order valence-corrected chi connectivity index (χ2v) is 10.7. The summed E-state index contributed by atoms with van der Waals surface area (Å²) in [6.07, 6.45) is -4.66. The highest BCUT2D eigenvalue weighted by Crippen LogP contribution is 2.44. The van der Waals surface area contributed by atoms with E-state index in [0.717, 1.165) is 29.5 Å². The molecule has 0 saturated heterocycles. The molecule has 0 amide bonds. The number of nitrogens with zero attached hydrogens (tertiary/aromatic N) is 1. The zero-order valence-corrected chi connectivity index (χ0v) is 19.1. The van der Waals surface area contributed by atoms with E-state index in [9.17, 15) is 21.6 Å². The molecule has 2 rings (SSSR count). The van der Waals surface area contributed by atoms with Gasteiger partial charge in [-0.05, 0) is 42.2 Å². The normalized spacial score (nSPS) is 12.5. The Morgan fingerprint density at radius 1 is 1.29 bits per heavy atom. The Morgan fingerprint density at radius 2 is 1.93 bits per heavy atom. The molecule has 1 aromatic heterocycles. The summed E-state index contributed by atoms with van der Waals surface area (Å²) in [5.74, 6) is -0.488. The maximum absolute atomic E-state index is 13.2. The van der Waals surface area contributed by atoms with Gasteiger partial charge in [-0.1, -0.05) is 23.2 Å². The van der Waals surface area contributed by atoms with E-state index in [-0.39, 0.29) is 26.5 Å². The predicted octanol–water partition coefficient (Wildman–Crippen LogP) is 5.58. The van der Waals surface area contributed by atoms with E-state index in [1.54, 1.807) is 19.0 Å². The molecule has 0 bridgehead atoms. The van der Waals surface area contributed by atoms with E-state index >= 15 is 0 Å². The molecule has 13 heteroatoms. The van der Waals surface area contributed by atoms with Crippen LogP contribution in [0.4, 0.5) is 18.9 Å². The van der Waals surface area contributed by atoms with Gasteiger partial charge in [0.1, 0.15) is 21.6 Å². The topological polar surface area (TPSA) is 58.6 Å².